The highest BCUT2D eigenvalue weighted by Gasteiger charge is 2.43. The van der Waals surface area contributed by atoms with E-state index in [4.69, 9.17) is 4.74 Å². The number of fused-ring (bicyclic) bond motifs is 2. The van der Waals surface area contributed by atoms with E-state index in [-0.39, 0.29) is 6.42 Å². The van der Waals surface area contributed by atoms with E-state index in [0.717, 1.165) is 39.5 Å². The van der Waals surface area contributed by atoms with E-state index >= 15 is 0 Å². The van der Waals surface area contributed by atoms with Crippen LogP contribution in [-0.2, 0) is 19.4 Å². The minimum atomic E-state index is -5.29. The Bertz CT molecular complexity index is 1680. The van der Waals surface area contributed by atoms with Gasteiger partial charge in [-0.3, -0.25) is 0 Å². The van der Waals surface area contributed by atoms with E-state index in [1.165, 1.54) is 0 Å². The van der Waals surface area contributed by atoms with Gasteiger partial charge in [0.1, 0.15) is 11.6 Å². The molecule has 0 amide bonds. The van der Waals surface area contributed by atoms with Crippen LogP contribution >= 0.6 is 0 Å². The largest absolute Gasteiger partial charge is 0.495 e. The number of alkyl halides is 3. The number of H-pyrrole nitrogens is 1. The molecule has 0 aliphatic heterocycles. The zero-order valence-electron chi connectivity index (χ0n) is 22.2. The van der Waals surface area contributed by atoms with Gasteiger partial charge in [0.2, 0.25) is 0 Å². The number of hydrogen-bond acceptors (Lipinski definition) is 7. The van der Waals surface area contributed by atoms with Crippen molar-refractivity contribution in [2.75, 3.05) is 18.5 Å². The Labute approximate surface area is 238 Å². The number of carbonyl (C=O) groups is 2. The summed E-state index contributed by atoms with van der Waals surface area (Å²) in [6.45, 7) is 1.16. The van der Waals surface area contributed by atoms with Crippen molar-refractivity contribution in [3.05, 3.63) is 102 Å². The average molecular weight is 578 g/mol. The number of pyridine rings is 1. The van der Waals surface area contributed by atoms with Crippen molar-refractivity contribution in [2.24, 2.45) is 0 Å². The lowest BCUT2D eigenvalue weighted by molar-refractivity contribution is -0.285. The molecule has 11 heteroatoms. The number of aromatic nitrogens is 2. The van der Waals surface area contributed by atoms with Gasteiger partial charge in [0, 0.05) is 41.8 Å². The zero-order chi connectivity index (χ0) is 29.5. The molecule has 0 fully saturated rings. The van der Waals surface area contributed by atoms with Crippen molar-refractivity contribution in [1.29, 1.82) is 0 Å². The lowest BCUT2D eigenvalue weighted by Gasteiger charge is -2.18. The Kier molecular flexibility index (Phi) is 8.56. The second kappa shape index (κ2) is 12.6. The highest BCUT2D eigenvalue weighted by Crippen LogP contribution is 2.38. The quantitative estimate of drug-likeness (QED) is 0.108. The van der Waals surface area contributed by atoms with Crippen molar-refractivity contribution >= 4 is 39.4 Å². The molecule has 8 nitrogen and oxygen atoms in total. The molecule has 1 unspecified atom stereocenters. The summed E-state index contributed by atoms with van der Waals surface area (Å²) >= 11 is 0. The molecule has 0 saturated heterocycles. The lowest BCUT2D eigenvalue weighted by atomic mass is 9.85. The molecule has 216 valence electrons. The van der Waals surface area contributed by atoms with Crippen molar-refractivity contribution in [2.45, 2.75) is 24.9 Å². The third-order valence-electron chi connectivity index (χ3n) is 6.63. The number of anilines is 1. The number of carbonyl (C=O) groups excluding carboxylic acids is 2. The number of benzene rings is 3. The minimum absolute atomic E-state index is 0.381. The first-order valence-corrected chi connectivity index (χ1v) is 13.1. The summed E-state index contributed by atoms with van der Waals surface area (Å²) in [6, 6.07) is 24.3. The Morgan fingerprint density at radius 1 is 0.905 bits per heavy atom. The molecule has 0 radical (unpaired) electrons. The molecule has 0 saturated carbocycles. The van der Waals surface area contributed by atoms with Gasteiger partial charge < -0.3 is 15.0 Å². The molecule has 0 spiro atoms. The first-order valence-electron chi connectivity index (χ1n) is 13.1. The van der Waals surface area contributed by atoms with Crippen LogP contribution in [0.15, 0.2) is 91.3 Å². The first-order chi connectivity index (χ1) is 20.3. The standard InChI is InChI=1S/C31H26F3N3O5/c32-31(33,34)30(39)42-41-29(38)18-25(23-10-5-8-20-7-1-2-9-22(20)23)26-19-37-27-17-21(12-13-24(26)27)40-16-6-15-36-28-11-3-4-14-35-28/h1-5,7-14,17,19,25,37H,6,15-16,18H2,(H,35,36). The van der Waals surface area contributed by atoms with Crippen LogP contribution in [0.25, 0.3) is 21.7 Å². The smallest absolute Gasteiger partial charge is 0.493 e. The second-order valence-electron chi connectivity index (χ2n) is 9.44. The highest BCUT2D eigenvalue weighted by atomic mass is 19.4. The van der Waals surface area contributed by atoms with Crippen LogP contribution in [-0.4, -0.2) is 41.2 Å². The van der Waals surface area contributed by atoms with Crippen molar-refractivity contribution in [3.8, 4) is 5.75 Å². The summed E-state index contributed by atoms with van der Waals surface area (Å²) < 4.78 is 43.5. The van der Waals surface area contributed by atoms with Gasteiger partial charge in [-0.2, -0.15) is 13.2 Å². The van der Waals surface area contributed by atoms with Crippen LogP contribution in [0, 0.1) is 0 Å². The second-order valence-corrected chi connectivity index (χ2v) is 9.44. The predicted octanol–water partition coefficient (Wildman–Crippen LogP) is 6.68. The Balaban J connectivity index is 1.34. The maximum absolute atomic E-state index is 12.6. The van der Waals surface area contributed by atoms with Gasteiger partial charge in [-0.1, -0.05) is 48.5 Å². The van der Waals surface area contributed by atoms with E-state index in [2.05, 4.69) is 25.1 Å². The first kappa shape index (κ1) is 28.5. The molecule has 3 aromatic carbocycles. The summed E-state index contributed by atoms with van der Waals surface area (Å²) in [5.74, 6) is -2.93. The van der Waals surface area contributed by atoms with E-state index in [1.54, 1.807) is 12.4 Å². The summed E-state index contributed by atoms with van der Waals surface area (Å²) in [7, 11) is 0. The van der Waals surface area contributed by atoms with Crippen LogP contribution in [0.4, 0.5) is 19.0 Å². The molecular weight excluding hydrogens is 551 g/mol. The van der Waals surface area contributed by atoms with Gasteiger partial charge in [-0.05, 0) is 52.6 Å². The van der Waals surface area contributed by atoms with E-state index in [0.29, 0.717) is 24.5 Å². The molecule has 5 rings (SSSR count). The fourth-order valence-electron chi connectivity index (χ4n) is 4.73. The van der Waals surface area contributed by atoms with Gasteiger partial charge in [-0.25, -0.2) is 24.3 Å². The molecule has 0 aliphatic carbocycles. The fourth-order valence-corrected chi connectivity index (χ4v) is 4.73. The maximum Gasteiger partial charge on any atom is 0.495 e. The zero-order valence-corrected chi connectivity index (χ0v) is 22.2. The van der Waals surface area contributed by atoms with Crippen LogP contribution in [0.2, 0.25) is 0 Å². The van der Waals surface area contributed by atoms with Crippen LogP contribution in [0.3, 0.4) is 0 Å². The van der Waals surface area contributed by atoms with Gasteiger partial charge in [0.25, 0.3) is 0 Å². The van der Waals surface area contributed by atoms with E-state index in [9.17, 15) is 22.8 Å². The molecule has 2 aromatic heterocycles. The third-order valence-corrected chi connectivity index (χ3v) is 6.63. The molecule has 42 heavy (non-hydrogen) atoms. The maximum atomic E-state index is 12.6. The topological polar surface area (TPSA) is 103 Å². The SMILES string of the molecule is O=C(CC(c1cccc2ccccc12)c1c[nH]c2cc(OCCCNc3ccccn3)ccc12)OOC(=O)C(F)(F)F. The van der Waals surface area contributed by atoms with E-state index < -0.39 is 24.0 Å². The van der Waals surface area contributed by atoms with Crippen LogP contribution < -0.4 is 10.1 Å². The van der Waals surface area contributed by atoms with Crippen molar-refractivity contribution < 1.29 is 37.3 Å². The molecule has 1 atom stereocenters. The summed E-state index contributed by atoms with van der Waals surface area (Å²) in [5, 5.41) is 5.79. The number of aromatic amines is 1. The summed E-state index contributed by atoms with van der Waals surface area (Å²) in [5.41, 5.74) is 2.22. The molecule has 2 N–H and O–H groups in total. The number of hydrogen-bond donors (Lipinski definition) is 2. The van der Waals surface area contributed by atoms with Gasteiger partial charge in [-0.15, -0.1) is 0 Å². The number of ether oxygens (including phenoxy) is 1. The Morgan fingerprint density at radius 3 is 2.52 bits per heavy atom. The molecule has 0 aliphatic rings. The molecule has 0 bridgehead atoms. The summed E-state index contributed by atoms with van der Waals surface area (Å²) in [6.07, 6.45) is -1.47. The summed E-state index contributed by atoms with van der Waals surface area (Å²) in [4.78, 5) is 39.1. The molecule has 2 heterocycles. The normalized spacial score (nSPS) is 12.2. The minimum Gasteiger partial charge on any atom is -0.493 e. The van der Waals surface area contributed by atoms with Crippen molar-refractivity contribution in [1.82, 2.24) is 9.97 Å². The third kappa shape index (κ3) is 6.80. The van der Waals surface area contributed by atoms with Gasteiger partial charge in [0.15, 0.2) is 0 Å². The highest BCUT2D eigenvalue weighted by molar-refractivity contribution is 5.91. The van der Waals surface area contributed by atoms with Crippen LogP contribution in [0.5, 0.6) is 5.75 Å². The monoisotopic (exact) mass is 577 g/mol. The lowest BCUT2D eigenvalue weighted by Crippen LogP contribution is -2.27. The number of rotatable bonds is 10. The van der Waals surface area contributed by atoms with Crippen LogP contribution in [0.1, 0.15) is 29.9 Å². The Hall–Kier alpha value is -5.06. The predicted molar refractivity (Wildman–Crippen MR) is 150 cm³/mol. The Morgan fingerprint density at radius 2 is 1.71 bits per heavy atom. The van der Waals surface area contributed by atoms with Crippen molar-refractivity contribution in [3.63, 3.8) is 0 Å². The van der Waals surface area contributed by atoms with E-state index in [1.807, 2.05) is 78.9 Å². The number of nitrogens with zero attached hydrogens (tertiary/aromatic N) is 1. The van der Waals surface area contributed by atoms with Gasteiger partial charge in [0.05, 0.1) is 13.0 Å². The number of halogens is 3. The van der Waals surface area contributed by atoms with Gasteiger partial charge >= 0.3 is 18.1 Å². The fraction of sp³-hybridized carbons (Fsp3) is 0.194. The molecular formula is C31H26F3N3O5. The average Bonchev–Trinajstić information content (AvgIpc) is 3.41. The molecule has 5 aromatic rings. The number of nitrogens with one attached hydrogen (secondary N) is 2.